The molecule has 2 saturated heterocycles. The number of amidine groups is 1. The van der Waals surface area contributed by atoms with E-state index in [-0.39, 0.29) is 0 Å². The largest absolute Gasteiger partial charge is 0.387 e. The standard InChI is InChI=1S/C24H28N8/c1-2-30-7-9-31(10-8-30)18-14-32(15-18)23-13-26-20-6-5-19(28-24(20)29-23)16-3-4-17-12-22(25)27-21(17)11-16/h3-6,11,13,18H,2,7-10,12,14-15H2,1H3,(H2,25,27). The van der Waals surface area contributed by atoms with Crippen LogP contribution in [0.1, 0.15) is 12.5 Å². The van der Waals surface area contributed by atoms with Crippen LogP contribution in [0.25, 0.3) is 22.4 Å². The van der Waals surface area contributed by atoms with Crippen LogP contribution in [-0.4, -0.2) is 82.4 Å². The maximum Gasteiger partial charge on any atom is 0.180 e. The van der Waals surface area contributed by atoms with Crippen LogP contribution < -0.4 is 10.6 Å². The average Bonchev–Trinajstić information content (AvgIpc) is 3.17. The van der Waals surface area contributed by atoms with Crippen molar-refractivity contribution < 1.29 is 0 Å². The van der Waals surface area contributed by atoms with Gasteiger partial charge in [-0.25, -0.2) is 19.9 Å². The molecule has 0 radical (unpaired) electrons. The second kappa shape index (κ2) is 7.79. The Morgan fingerprint density at radius 1 is 1.03 bits per heavy atom. The molecule has 164 valence electrons. The van der Waals surface area contributed by atoms with Gasteiger partial charge in [0, 0.05) is 57.3 Å². The second-order valence-electron chi connectivity index (χ2n) is 8.92. The lowest BCUT2D eigenvalue weighted by molar-refractivity contribution is 0.0859. The van der Waals surface area contributed by atoms with Gasteiger partial charge in [0.25, 0.3) is 0 Å². The molecule has 0 unspecified atom stereocenters. The van der Waals surface area contributed by atoms with Gasteiger partial charge in [-0.3, -0.25) is 4.90 Å². The second-order valence-corrected chi connectivity index (χ2v) is 8.92. The number of aromatic nitrogens is 3. The number of likely N-dealkylation sites (N-methyl/N-ethyl adjacent to an activating group) is 1. The molecular formula is C24H28N8. The lowest BCUT2D eigenvalue weighted by Gasteiger charge is -2.48. The van der Waals surface area contributed by atoms with Crippen molar-refractivity contribution in [3.63, 3.8) is 0 Å². The van der Waals surface area contributed by atoms with Crippen molar-refractivity contribution >= 4 is 28.5 Å². The number of nitrogens with zero attached hydrogens (tertiary/aromatic N) is 7. The third-order valence-electron chi connectivity index (χ3n) is 6.97. The highest BCUT2D eigenvalue weighted by atomic mass is 15.4. The first-order chi connectivity index (χ1) is 15.7. The summed E-state index contributed by atoms with van der Waals surface area (Å²) in [4.78, 5) is 26.2. The third kappa shape index (κ3) is 3.49. The van der Waals surface area contributed by atoms with Crippen molar-refractivity contribution in [1.82, 2.24) is 24.8 Å². The first-order valence-electron chi connectivity index (χ1n) is 11.5. The van der Waals surface area contributed by atoms with Crippen LogP contribution in [0.5, 0.6) is 0 Å². The lowest BCUT2D eigenvalue weighted by atomic mass is 10.1. The number of anilines is 1. The molecule has 6 rings (SSSR count). The number of aliphatic imine (C=N–C) groups is 1. The van der Waals surface area contributed by atoms with E-state index in [1.807, 2.05) is 18.3 Å². The molecule has 0 atom stereocenters. The van der Waals surface area contributed by atoms with E-state index in [1.165, 1.54) is 13.1 Å². The normalized spacial score (nSPS) is 19.8. The fourth-order valence-corrected chi connectivity index (χ4v) is 4.89. The first-order valence-corrected chi connectivity index (χ1v) is 11.5. The Balaban J connectivity index is 1.19. The summed E-state index contributed by atoms with van der Waals surface area (Å²) in [6.45, 7) is 10.1. The van der Waals surface area contributed by atoms with Crippen LogP contribution in [-0.2, 0) is 6.42 Å². The topological polar surface area (TPSA) is 86.8 Å². The summed E-state index contributed by atoms with van der Waals surface area (Å²) in [5.41, 5.74) is 11.4. The number of hydrogen-bond donors (Lipinski definition) is 1. The molecule has 2 N–H and O–H groups in total. The molecule has 3 aliphatic heterocycles. The number of fused-ring (bicyclic) bond motifs is 2. The van der Waals surface area contributed by atoms with E-state index >= 15 is 0 Å². The molecule has 8 nitrogen and oxygen atoms in total. The van der Waals surface area contributed by atoms with Gasteiger partial charge < -0.3 is 15.5 Å². The van der Waals surface area contributed by atoms with Crippen molar-refractivity contribution in [2.45, 2.75) is 19.4 Å². The summed E-state index contributed by atoms with van der Waals surface area (Å²) in [5, 5.41) is 0. The van der Waals surface area contributed by atoms with Gasteiger partial charge in [-0.05, 0) is 30.3 Å². The van der Waals surface area contributed by atoms with Gasteiger partial charge in [0.2, 0.25) is 0 Å². The van der Waals surface area contributed by atoms with Crippen LogP contribution in [0.3, 0.4) is 0 Å². The van der Waals surface area contributed by atoms with Gasteiger partial charge in [-0.1, -0.05) is 19.1 Å². The zero-order valence-corrected chi connectivity index (χ0v) is 18.4. The quantitative estimate of drug-likeness (QED) is 0.681. The van der Waals surface area contributed by atoms with Crippen LogP contribution in [0.4, 0.5) is 11.5 Å². The molecule has 3 aliphatic rings. The van der Waals surface area contributed by atoms with Gasteiger partial charge in [0.15, 0.2) is 5.65 Å². The van der Waals surface area contributed by atoms with E-state index < -0.39 is 0 Å². The van der Waals surface area contributed by atoms with Crippen LogP contribution >= 0.6 is 0 Å². The number of benzene rings is 1. The molecule has 2 fully saturated rings. The molecule has 0 aliphatic carbocycles. The lowest BCUT2D eigenvalue weighted by Crippen LogP contribution is -2.63. The Morgan fingerprint density at radius 2 is 1.88 bits per heavy atom. The van der Waals surface area contributed by atoms with Gasteiger partial charge in [-0.2, -0.15) is 0 Å². The Morgan fingerprint density at radius 3 is 2.69 bits per heavy atom. The maximum absolute atomic E-state index is 5.89. The predicted octanol–water partition coefficient (Wildman–Crippen LogP) is 2.06. The van der Waals surface area contributed by atoms with E-state index in [0.29, 0.717) is 17.5 Å². The molecule has 5 heterocycles. The highest BCUT2D eigenvalue weighted by molar-refractivity contribution is 5.92. The minimum Gasteiger partial charge on any atom is -0.387 e. The molecule has 0 amide bonds. The van der Waals surface area contributed by atoms with Gasteiger partial charge >= 0.3 is 0 Å². The molecule has 1 aromatic carbocycles. The summed E-state index contributed by atoms with van der Waals surface area (Å²) in [6.07, 6.45) is 2.60. The molecule has 2 aromatic heterocycles. The van der Waals surface area contributed by atoms with Crippen molar-refractivity contribution in [1.29, 1.82) is 0 Å². The average molecular weight is 429 g/mol. The Kier molecular flexibility index (Phi) is 4.77. The van der Waals surface area contributed by atoms with Crippen molar-refractivity contribution in [2.75, 3.05) is 50.7 Å². The SMILES string of the molecule is CCN1CCN(C2CN(c3cnc4ccc(-c5ccc6c(c5)N=C(N)C6)nc4n3)C2)CC1. The van der Waals surface area contributed by atoms with Gasteiger partial charge in [0.05, 0.1) is 17.6 Å². The fraction of sp³-hybridized carbons (Fsp3) is 0.417. The van der Waals surface area contributed by atoms with E-state index in [2.05, 4.69) is 49.8 Å². The Labute approximate surface area is 187 Å². The predicted molar refractivity (Wildman–Crippen MR) is 127 cm³/mol. The summed E-state index contributed by atoms with van der Waals surface area (Å²) in [5.74, 6) is 1.58. The number of pyridine rings is 1. The molecule has 32 heavy (non-hydrogen) atoms. The van der Waals surface area contributed by atoms with Gasteiger partial charge in [-0.15, -0.1) is 0 Å². The summed E-state index contributed by atoms with van der Waals surface area (Å²) < 4.78 is 0. The van der Waals surface area contributed by atoms with Crippen molar-refractivity contribution in [3.8, 4) is 11.3 Å². The molecule has 0 spiro atoms. The van der Waals surface area contributed by atoms with E-state index in [4.69, 9.17) is 15.7 Å². The molecular weight excluding hydrogens is 400 g/mol. The first kappa shape index (κ1) is 19.6. The Hall–Kier alpha value is -3.10. The van der Waals surface area contributed by atoms with Gasteiger partial charge in [0.1, 0.15) is 17.2 Å². The smallest absolute Gasteiger partial charge is 0.180 e. The number of piperazine rings is 1. The van der Waals surface area contributed by atoms with E-state index in [0.717, 1.165) is 73.0 Å². The molecule has 0 saturated carbocycles. The summed E-state index contributed by atoms with van der Waals surface area (Å²) in [7, 11) is 0. The summed E-state index contributed by atoms with van der Waals surface area (Å²) >= 11 is 0. The zero-order valence-electron chi connectivity index (χ0n) is 18.4. The van der Waals surface area contributed by atoms with Crippen LogP contribution in [0.2, 0.25) is 0 Å². The fourth-order valence-electron chi connectivity index (χ4n) is 4.89. The minimum atomic E-state index is 0.616. The molecule has 0 bridgehead atoms. The molecule has 8 heteroatoms. The monoisotopic (exact) mass is 428 g/mol. The number of rotatable bonds is 4. The van der Waals surface area contributed by atoms with Crippen LogP contribution in [0.15, 0.2) is 41.5 Å². The minimum absolute atomic E-state index is 0.616. The Bertz CT molecular complexity index is 1190. The highest BCUT2D eigenvalue weighted by Gasteiger charge is 2.34. The van der Waals surface area contributed by atoms with E-state index in [9.17, 15) is 0 Å². The highest BCUT2D eigenvalue weighted by Crippen LogP contribution is 2.31. The van der Waals surface area contributed by atoms with Crippen LogP contribution in [0, 0.1) is 0 Å². The number of hydrogen-bond acceptors (Lipinski definition) is 8. The third-order valence-corrected chi connectivity index (χ3v) is 6.97. The maximum atomic E-state index is 5.89. The number of nitrogens with two attached hydrogens (primary N) is 1. The van der Waals surface area contributed by atoms with E-state index in [1.54, 1.807) is 0 Å². The van der Waals surface area contributed by atoms with Crippen molar-refractivity contribution in [3.05, 3.63) is 42.1 Å². The van der Waals surface area contributed by atoms with Crippen molar-refractivity contribution in [2.24, 2.45) is 10.7 Å². The summed E-state index contributed by atoms with van der Waals surface area (Å²) in [6, 6.07) is 10.8. The molecule has 3 aromatic rings. The zero-order chi connectivity index (χ0) is 21.7.